The van der Waals surface area contributed by atoms with Gasteiger partial charge >= 0.3 is 0 Å². The van der Waals surface area contributed by atoms with Crippen LogP contribution in [0.1, 0.15) is 12.8 Å². The van der Waals surface area contributed by atoms with E-state index in [1.165, 1.54) is 23.5 Å². The largest absolute Gasteiger partial charge is 0.497 e. The minimum absolute atomic E-state index is 0.0639. The molecular weight excluding hydrogens is 468 g/mol. The molecule has 186 valence electrons. The molecule has 35 heavy (non-hydrogen) atoms. The third-order valence-electron chi connectivity index (χ3n) is 6.61. The molecule has 2 aliphatic rings. The van der Waals surface area contributed by atoms with Crippen LogP contribution in [0.15, 0.2) is 72.1 Å². The Labute approximate surface area is 206 Å². The number of nitrogens with one attached hydrogen (secondary N) is 1. The second kappa shape index (κ2) is 10.1. The Morgan fingerprint density at radius 2 is 1.77 bits per heavy atom. The molecule has 1 N–H and O–H groups in total. The molecule has 0 unspecified atom stereocenters. The molecule has 0 bridgehead atoms. The van der Waals surface area contributed by atoms with E-state index in [1.807, 2.05) is 35.2 Å². The summed E-state index contributed by atoms with van der Waals surface area (Å²) < 4.78 is 33.0. The molecule has 9 nitrogen and oxygen atoms in total. The van der Waals surface area contributed by atoms with Gasteiger partial charge in [-0.25, -0.2) is 8.42 Å². The average molecular weight is 499 g/mol. The van der Waals surface area contributed by atoms with Crippen molar-refractivity contribution in [1.29, 1.82) is 0 Å². The van der Waals surface area contributed by atoms with Gasteiger partial charge in [0.05, 0.1) is 18.7 Å². The molecular formula is C25H30N4O5S. The topological polar surface area (TPSA) is 99.3 Å². The summed E-state index contributed by atoms with van der Waals surface area (Å²) in [4.78, 5) is 29.7. The van der Waals surface area contributed by atoms with Gasteiger partial charge < -0.3 is 19.9 Å². The van der Waals surface area contributed by atoms with E-state index in [4.69, 9.17) is 4.74 Å². The number of carbonyl (C=O) groups is 2. The zero-order valence-corrected chi connectivity index (χ0v) is 20.5. The van der Waals surface area contributed by atoms with E-state index in [0.29, 0.717) is 25.1 Å². The summed E-state index contributed by atoms with van der Waals surface area (Å²) in [6, 6.07) is 15.8. The highest BCUT2D eigenvalue weighted by Gasteiger charge is 2.55. The predicted octanol–water partition coefficient (Wildman–Crippen LogP) is 1.83. The smallest absolute Gasteiger partial charge is 0.250 e. The molecule has 2 aliphatic heterocycles. The van der Waals surface area contributed by atoms with Gasteiger partial charge in [-0.3, -0.25) is 9.59 Å². The standard InChI is InChI=1S/C25H30N4O5S/c1-3-15-26-23(30)18-27-19-29(20-7-5-4-6-8-20)25(24(27)31)13-16-28(17-14-25)35(32,33)22-11-9-21(34-2)10-12-22/h3-12H,1,13-19H2,2H3,(H,26,30). The van der Waals surface area contributed by atoms with Crippen LogP contribution < -0.4 is 15.0 Å². The molecule has 4 rings (SSSR count). The van der Waals surface area contributed by atoms with Crippen LogP contribution in [0, 0.1) is 0 Å². The summed E-state index contributed by atoms with van der Waals surface area (Å²) in [5, 5.41) is 2.71. The lowest BCUT2D eigenvalue weighted by Gasteiger charge is -2.42. The second-order valence-electron chi connectivity index (χ2n) is 8.61. The van der Waals surface area contributed by atoms with Crippen molar-refractivity contribution in [2.75, 3.05) is 44.9 Å². The van der Waals surface area contributed by atoms with Crippen molar-refractivity contribution in [3.63, 3.8) is 0 Å². The number of para-hydroxylation sites is 1. The Morgan fingerprint density at radius 1 is 1.11 bits per heavy atom. The van der Waals surface area contributed by atoms with Gasteiger partial charge in [0.1, 0.15) is 17.8 Å². The molecule has 2 aromatic rings. The zero-order valence-electron chi connectivity index (χ0n) is 19.7. The molecule has 0 atom stereocenters. The van der Waals surface area contributed by atoms with Gasteiger partial charge in [0.2, 0.25) is 21.8 Å². The van der Waals surface area contributed by atoms with Gasteiger partial charge in [-0.15, -0.1) is 6.58 Å². The Morgan fingerprint density at radius 3 is 2.37 bits per heavy atom. The van der Waals surface area contributed by atoms with Gasteiger partial charge in [0, 0.05) is 25.3 Å². The van der Waals surface area contributed by atoms with Crippen LogP contribution in [-0.4, -0.2) is 74.9 Å². The molecule has 0 saturated carbocycles. The number of amides is 2. The van der Waals surface area contributed by atoms with Crippen molar-refractivity contribution in [2.24, 2.45) is 0 Å². The molecule has 2 fully saturated rings. The molecule has 0 radical (unpaired) electrons. The molecule has 0 aliphatic carbocycles. The number of hydrogen-bond donors (Lipinski definition) is 1. The fraction of sp³-hybridized carbons (Fsp3) is 0.360. The molecule has 0 aromatic heterocycles. The van der Waals surface area contributed by atoms with E-state index < -0.39 is 15.6 Å². The number of carbonyl (C=O) groups excluding carboxylic acids is 2. The molecule has 10 heteroatoms. The van der Waals surface area contributed by atoms with E-state index in [9.17, 15) is 18.0 Å². The first kappa shape index (κ1) is 24.7. The summed E-state index contributed by atoms with van der Waals surface area (Å²) in [5.74, 6) is 0.160. The van der Waals surface area contributed by atoms with Crippen LogP contribution in [0.5, 0.6) is 5.75 Å². The van der Waals surface area contributed by atoms with Crippen molar-refractivity contribution in [3.8, 4) is 5.75 Å². The summed E-state index contributed by atoms with van der Waals surface area (Å²) in [6.07, 6.45) is 2.22. The van der Waals surface area contributed by atoms with Crippen molar-refractivity contribution >= 4 is 27.5 Å². The third-order valence-corrected chi connectivity index (χ3v) is 8.52. The highest BCUT2D eigenvalue weighted by atomic mass is 32.2. The van der Waals surface area contributed by atoms with E-state index >= 15 is 0 Å². The number of methoxy groups -OCH3 is 1. The van der Waals surface area contributed by atoms with Gasteiger partial charge in [0.15, 0.2) is 0 Å². The molecule has 2 amide bonds. The summed E-state index contributed by atoms with van der Waals surface area (Å²) in [6.45, 7) is 4.50. The van der Waals surface area contributed by atoms with Crippen LogP contribution in [0.2, 0.25) is 0 Å². The second-order valence-corrected chi connectivity index (χ2v) is 10.5. The number of hydrogen-bond acceptors (Lipinski definition) is 6. The lowest BCUT2D eigenvalue weighted by molar-refractivity contribution is -0.137. The van der Waals surface area contributed by atoms with Crippen LogP contribution in [0.3, 0.4) is 0 Å². The maximum Gasteiger partial charge on any atom is 0.250 e. The van der Waals surface area contributed by atoms with Gasteiger partial charge in [-0.1, -0.05) is 24.3 Å². The van der Waals surface area contributed by atoms with E-state index in [0.717, 1.165) is 5.69 Å². The molecule has 2 saturated heterocycles. The van der Waals surface area contributed by atoms with Gasteiger partial charge in [-0.2, -0.15) is 4.31 Å². The number of ether oxygens (including phenoxy) is 1. The summed E-state index contributed by atoms with van der Waals surface area (Å²) in [5.41, 5.74) is -0.0484. The van der Waals surface area contributed by atoms with Crippen molar-refractivity contribution in [2.45, 2.75) is 23.3 Å². The van der Waals surface area contributed by atoms with Crippen molar-refractivity contribution in [3.05, 3.63) is 67.3 Å². The number of sulfonamides is 1. The zero-order chi connectivity index (χ0) is 25.1. The van der Waals surface area contributed by atoms with Gasteiger partial charge in [-0.05, 0) is 49.2 Å². The summed E-state index contributed by atoms with van der Waals surface area (Å²) >= 11 is 0. The normalized spacial score (nSPS) is 18.0. The van der Waals surface area contributed by atoms with Crippen LogP contribution >= 0.6 is 0 Å². The third kappa shape index (κ3) is 4.76. The minimum atomic E-state index is -3.71. The first-order valence-corrected chi connectivity index (χ1v) is 12.9. The number of nitrogens with zero attached hydrogens (tertiary/aromatic N) is 3. The first-order chi connectivity index (χ1) is 16.8. The van der Waals surface area contributed by atoms with Crippen molar-refractivity contribution in [1.82, 2.24) is 14.5 Å². The predicted molar refractivity (Wildman–Crippen MR) is 132 cm³/mol. The van der Waals surface area contributed by atoms with E-state index in [2.05, 4.69) is 11.9 Å². The Bertz CT molecular complexity index is 1180. The fourth-order valence-corrected chi connectivity index (χ4v) is 6.17. The first-order valence-electron chi connectivity index (χ1n) is 11.5. The maximum atomic E-state index is 13.7. The molecule has 1 spiro atoms. The van der Waals surface area contributed by atoms with Gasteiger partial charge in [0.25, 0.3) is 0 Å². The highest BCUT2D eigenvalue weighted by molar-refractivity contribution is 7.89. The van der Waals surface area contributed by atoms with Crippen LogP contribution in [-0.2, 0) is 19.6 Å². The lowest BCUT2D eigenvalue weighted by Crippen LogP contribution is -2.57. The SMILES string of the molecule is C=CCNC(=O)CN1CN(c2ccccc2)C2(CCN(S(=O)(=O)c3ccc(OC)cc3)CC2)C1=O. The highest BCUT2D eigenvalue weighted by Crippen LogP contribution is 2.40. The Hall–Kier alpha value is -3.37. The maximum absolute atomic E-state index is 13.7. The number of anilines is 1. The minimum Gasteiger partial charge on any atom is -0.497 e. The van der Waals surface area contributed by atoms with E-state index in [1.54, 1.807) is 23.1 Å². The van der Waals surface area contributed by atoms with E-state index in [-0.39, 0.29) is 43.0 Å². The fourth-order valence-electron chi connectivity index (χ4n) is 4.73. The molecule has 2 aromatic carbocycles. The quantitative estimate of drug-likeness (QED) is 0.558. The number of benzene rings is 2. The number of piperidine rings is 1. The Kier molecular flexibility index (Phi) is 7.13. The Balaban J connectivity index is 1.56. The van der Waals surface area contributed by atoms with Crippen molar-refractivity contribution < 1.29 is 22.7 Å². The van der Waals surface area contributed by atoms with Crippen LogP contribution in [0.4, 0.5) is 5.69 Å². The number of rotatable bonds is 8. The average Bonchev–Trinajstić information content (AvgIpc) is 3.14. The lowest BCUT2D eigenvalue weighted by atomic mass is 9.86. The monoisotopic (exact) mass is 498 g/mol. The van der Waals surface area contributed by atoms with Crippen LogP contribution in [0.25, 0.3) is 0 Å². The summed E-state index contributed by atoms with van der Waals surface area (Å²) in [7, 11) is -2.19. The molecule has 2 heterocycles.